The third kappa shape index (κ3) is 4.16. The van der Waals surface area contributed by atoms with Crippen LogP contribution in [0.3, 0.4) is 0 Å². The second kappa shape index (κ2) is 7.54. The van der Waals surface area contributed by atoms with Crippen LogP contribution in [0.15, 0.2) is 18.2 Å². The molecule has 1 saturated heterocycles. The van der Waals surface area contributed by atoms with Crippen molar-refractivity contribution >= 4 is 23.3 Å². The van der Waals surface area contributed by atoms with Gasteiger partial charge in [-0.25, -0.2) is 4.79 Å². The molecule has 0 aliphatic carbocycles. The van der Waals surface area contributed by atoms with Gasteiger partial charge in [0.15, 0.2) is 6.61 Å². The highest BCUT2D eigenvalue weighted by Gasteiger charge is 2.23. The highest BCUT2D eigenvalue weighted by Crippen LogP contribution is 2.30. The number of hydrogen-bond donors (Lipinski definition) is 1. The molecule has 9 nitrogen and oxygen atoms in total. The number of hydrogen-bond acceptors (Lipinski definition) is 7. The fourth-order valence-electron chi connectivity index (χ4n) is 2.15. The number of morpholine rings is 1. The smallest absolute Gasteiger partial charge is 0.338 e. The van der Waals surface area contributed by atoms with Crippen molar-refractivity contribution in [2.75, 3.05) is 44.9 Å². The lowest BCUT2D eigenvalue weighted by molar-refractivity contribution is -0.384. The summed E-state index contributed by atoms with van der Waals surface area (Å²) in [7, 11) is 1.41. The van der Waals surface area contributed by atoms with E-state index < -0.39 is 23.4 Å². The number of nitro groups is 1. The summed E-state index contributed by atoms with van der Waals surface area (Å²) < 4.78 is 10.0. The number of nitrogens with one attached hydrogen (secondary N) is 1. The maximum absolute atomic E-state index is 11.9. The molecule has 2 rings (SSSR count). The topological polar surface area (TPSA) is 111 Å². The van der Waals surface area contributed by atoms with Gasteiger partial charge in [0.05, 0.1) is 23.7 Å². The number of rotatable bonds is 5. The molecule has 1 aromatic rings. The van der Waals surface area contributed by atoms with E-state index in [2.05, 4.69) is 5.32 Å². The monoisotopic (exact) mass is 323 g/mol. The van der Waals surface area contributed by atoms with E-state index in [-0.39, 0.29) is 11.3 Å². The molecule has 9 heteroatoms. The van der Waals surface area contributed by atoms with E-state index in [0.717, 1.165) is 6.07 Å². The summed E-state index contributed by atoms with van der Waals surface area (Å²) in [6.07, 6.45) is 0. The van der Waals surface area contributed by atoms with Crippen LogP contribution in [0.25, 0.3) is 0 Å². The third-order valence-corrected chi connectivity index (χ3v) is 3.37. The lowest BCUT2D eigenvalue weighted by Crippen LogP contribution is -2.36. The van der Waals surface area contributed by atoms with Crippen molar-refractivity contribution in [1.29, 1.82) is 0 Å². The molecule has 1 aliphatic rings. The van der Waals surface area contributed by atoms with Gasteiger partial charge < -0.3 is 19.7 Å². The Morgan fingerprint density at radius 1 is 1.39 bits per heavy atom. The minimum absolute atomic E-state index is 0.0256. The average Bonchev–Trinajstić information content (AvgIpc) is 2.59. The SMILES string of the molecule is CNC(=O)COC(=O)c1ccc(N2CCOCC2)c([N+](=O)[O-])c1. The molecule has 1 aliphatic heterocycles. The van der Waals surface area contributed by atoms with E-state index in [1.54, 1.807) is 0 Å². The van der Waals surface area contributed by atoms with Crippen LogP contribution in [-0.2, 0) is 14.3 Å². The van der Waals surface area contributed by atoms with Gasteiger partial charge in [0.2, 0.25) is 0 Å². The van der Waals surface area contributed by atoms with Crippen molar-refractivity contribution in [1.82, 2.24) is 5.32 Å². The van der Waals surface area contributed by atoms with E-state index in [9.17, 15) is 19.7 Å². The number of esters is 1. The molecule has 0 saturated carbocycles. The molecule has 1 heterocycles. The van der Waals surface area contributed by atoms with Crippen LogP contribution < -0.4 is 10.2 Å². The summed E-state index contributed by atoms with van der Waals surface area (Å²) in [6.45, 7) is 1.64. The van der Waals surface area contributed by atoms with Gasteiger partial charge in [0.25, 0.3) is 11.6 Å². The molecule has 0 radical (unpaired) electrons. The van der Waals surface area contributed by atoms with Gasteiger partial charge in [-0.2, -0.15) is 0 Å². The number of carbonyl (C=O) groups excluding carboxylic acids is 2. The molecular formula is C14H17N3O6. The number of nitrogens with zero attached hydrogens (tertiary/aromatic N) is 2. The van der Waals surface area contributed by atoms with E-state index in [0.29, 0.717) is 32.0 Å². The van der Waals surface area contributed by atoms with Crippen LogP contribution in [0.4, 0.5) is 11.4 Å². The molecule has 0 aromatic heterocycles. The molecule has 0 spiro atoms. The van der Waals surface area contributed by atoms with Crippen molar-refractivity contribution in [3.05, 3.63) is 33.9 Å². The summed E-state index contributed by atoms with van der Waals surface area (Å²) in [5.74, 6) is -1.25. The quantitative estimate of drug-likeness (QED) is 0.472. The molecular weight excluding hydrogens is 306 g/mol. The van der Waals surface area contributed by atoms with Crippen LogP contribution in [0, 0.1) is 10.1 Å². The highest BCUT2D eigenvalue weighted by atomic mass is 16.6. The standard InChI is InChI=1S/C14H17N3O6/c1-15-13(18)9-23-14(19)10-2-3-11(12(8-10)17(20)21)16-4-6-22-7-5-16/h2-3,8H,4-7,9H2,1H3,(H,15,18). The molecule has 0 bridgehead atoms. The minimum atomic E-state index is -0.787. The maximum atomic E-state index is 11.9. The fourth-order valence-corrected chi connectivity index (χ4v) is 2.15. The molecule has 1 aromatic carbocycles. The molecule has 1 amide bonds. The fraction of sp³-hybridized carbons (Fsp3) is 0.429. The van der Waals surface area contributed by atoms with Crippen molar-refractivity contribution in [2.45, 2.75) is 0 Å². The minimum Gasteiger partial charge on any atom is -0.452 e. The first-order valence-electron chi connectivity index (χ1n) is 7.01. The van der Waals surface area contributed by atoms with E-state index in [1.165, 1.54) is 19.2 Å². The van der Waals surface area contributed by atoms with Crippen LogP contribution in [0.5, 0.6) is 0 Å². The normalized spacial score (nSPS) is 14.2. The second-order valence-electron chi connectivity index (χ2n) is 4.81. The molecule has 1 N–H and O–H groups in total. The second-order valence-corrected chi connectivity index (χ2v) is 4.81. The van der Waals surface area contributed by atoms with Crippen molar-refractivity contribution in [3.63, 3.8) is 0 Å². The Hall–Kier alpha value is -2.68. The van der Waals surface area contributed by atoms with E-state index in [4.69, 9.17) is 9.47 Å². The molecule has 23 heavy (non-hydrogen) atoms. The van der Waals surface area contributed by atoms with Gasteiger partial charge in [0, 0.05) is 26.2 Å². The number of likely N-dealkylation sites (N-methyl/N-ethyl adjacent to an activating group) is 1. The number of amides is 1. The van der Waals surface area contributed by atoms with Gasteiger partial charge in [-0.05, 0) is 12.1 Å². The van der Waals surface area contributed by atoms with Crippen LogP contribution in [0.1, 0.15) is 10.4 Å². The first kappa shape index (κ1) is 16.7. The summed E-state index contributed by atoms with van der Waals surface area (Å²) >= 11 is 0. The zero-order valence-corrected chi connectivity index (χ0v) is 12.6. The summed E-state index contributed by atoms with van der Waals surface area (Å²) in [6, 6.07) is 4.13. The van der Waals surface area contributed by atoms with E-state index in [1.807, 2.05) is 4.90 Å². The summed E-state index contributed by atoms with van der Waals surface area (Å²) in [5, 5.41) is 13.6. The van der Waals surface area contributed by atoms with Gasteiger partial charge >= 0.3 is 5.97 Å². The molecule has 1 fully saturated rings. The average molecular weight is 323 g/mol. The van der Waals surface area contributed by atoms with E-state index >= 15 is 0 Å². The zero-order valence-electron chi connectivity index (χ0n) is 12.6. The van der Waals surface area contributed by atoms with Crippen LogP contribution in [0.2, 0.25) is 0 Å². The third-order valence-electron chi connectivity index (χ3n) is 3.37. The largest absolute Gasteiger partial charge is 0.452 e. The lowest BCUT2D eigenvalue weighted by Gasteiger charge is -2.28. The molecule has 124 valence electrons. The summed E-state index contributed by atoms with van der Waals surface area (Å²) in [4.78, 5) is 35.5. The van der Waals surface area contributed by atoms with Gasteiger partial charge in [-0.1, -0.05) is 0 Å². The summed E-state index contributed by atoms with van der Waals surface area (Å²) in [5.41, 5.74) is 0.278. The van der Waals surface area contributed by atoms with Crippen LogP contribution in [-0.4, -0.2) is 56.8 Å². The predicted molar refractivity (Wildman–Crippen MR) is 80.5 cm³/mol. The van der Waals surface area contributed by atoms with Crippen molar-refractivity contribution in [3.8, 4) is 0 Å². The Morgan fingerprint density at radius 2 is 2.09 bits per heavy atom. The lowest BCUT2D eigenvalue weighted by atomic mass is 10.1. The molecule has 0 unspecified atom stereocenters. The first-order chi connectivity index (χ1) is 11.0. The highest BCUT2D eigenvalue weighted by molar-refractivity contribution is 5.93. The number of anilines is 1. The Morgan fingerprint density at radius 3 is 2.70 bits per heavy atom. The van der Waals surface area contributed by atoms with Gasteiger partial charge in [0.1, 0.15) is 5.69 Å². The van der Waals surface area contributed by atoms with Gasteiger partial charge in [-0.3, -0.25) is 14.9 Å². The Bertz CT molecular complexity index is 613. The Balaban J connectivity index is 2.19. The Labute approximate surface area is 132 Å². The van der Waals surface area contributed by atoms with Crippen molar-refractivity contribution in [2.24, 2.45) is 0 Å². The maximum Gasteiger partial charge on any atom is 0.338 e. The van der Waals surface area contributed by atoms with Crippen molar-refractivity contribution < 1.29 is 24.0 Å². The Kier molecular flexibility index (Phi) is 5.47. The number of carbonyl (C=O) groups is 2. The van der Waals surface area contributed by atoms with Gasteiger partial charge in [-0.15, -0.1) is 0 Å². The zero-order chi connectivity index (χ0) is 16.8. The number of ether oxygens (including phenoxy) is 2. The first-order valence-corrected chi connectivity index (χ1v) is 7.01. The van der Waals surface area contributed by atoms with Crippen LogP contribution >= 0.6 is 0 Å². The predicted octanol–water partition coefficient (Wildman–Crippen LogP) is 0.334. The number of nitro benzene ring substituents is 1. The number of benzene rings is 1. The molecule has 0 atom stereocenters.